The number of carbonyl (C=O) groups is 1. The summed E-state index contributed by atoms with van der Waals surface area (Å²) in [5.41, 5.74) is -0.551. The van der Waals surface area contributed by atoms with Gasteiger partial charge in [-0.2, -0.15) is 8.42 Å². The summed E-state index contributed by atoms with van der Waals surface area (Å²) < 4.78 is 55.0. The van der Waals surface area contributed by atoms with E-state index in [0.717, 1.165) is 18.2 Å². The lowest BCUT2D eigenvalue weighted by molar-refractivity contribution is 0.0981. The van der Waals surface area contributed by atoms with Gasteiger partial charge in [0.1, 0.15) is 9.79 Å². The Morgan fingerprint density at radius 1 is 1.25 bits per heavy atom. The molecule has 0 saturated heterocycles. The molecule has 9 heteroatoms. The second kappa shape index (κ2) is 3.03. The first kappa shape index (κ1) is 11.0. The molecule has 86 valence electrons. The second-order valence-corrected chi connectivity index (χ2v) is 6.08. The Bertz CT molecular complexity index is 688. The summed E-state index contributed by atoms with van der Waals surface area (Å²) in [6.07, 6.45) is 0. The molecule has 2 rings (SSSR count). The molecule has 1 heterocycles. The maximum atomic E-state index is 11.3. The van der Waals surface area contributed by atoms with E-state index in [1.165, 1.54) is 0 Å². The van der Waals surface area contributed by atoms with Crippen LogP contribution in [-0.2, 0) is 20.1 Å². The molecule has 0 spiro atoms. The Labute approximate surface area is 90.9 Å². The zero-order valence-corrected chi connectivity index (χ0v) is 9.17. The average Bonchev–Trinajstić information content (AvgIpc) is 2.36. The van der Waals surface area contributed by atoms with Gasteiger partial charge in [0, 0.05) is 0 Å². The third kappa shape index (κ3) is 1.49. The third-order valence-electron chi connectivity index (χ3n) is 2.01. The molecule has 0 saturated carbocycles. The molecule has 0 radical (unpaired) electrons. The van der Waals surface area contributed by atoms with Crippen LogP contribution in [0.1, 0.15) is 10.4 Å². The highest BCUT2D eigenvalue weighted by Crippen LogP contribution is 2.27. The van der Waals surface area contributed by atoms with Crippen molar-refractivity contribution in [2.45, 2.75) is 9.79 Å². The van der Waals surface area contributed by atoms with Crippen LogP contribution in [0.25, 0.3) is 0 Å². The minimum Gasteiger partial charge on any atom is -0.282 e. The minimum absolute atomic E-state index is 0.451. The molecular weight excluding hydrogens is 258 g/mol. The minimum atomic E-state index is -4.64. The number of nitrogens with one attached hydrogen (secondary N) is 1. The Morgan fingerprint density at radius 3 is 2.44 bits per heavy atom. The lowest BCUT2D eigenvalue weighted by Gasteiger charge is -2.00. The third-order valence-corrected chi connectivity index (χ3v) is 4.28. The Hall–Kier alpha value is -1.45. The quantitative estimate of drug-likeness (QED) is 0.651. The molecule has 7 nitrogen and oxygen atoms in total. The summed E-state index contributed by atoms with van der Waals surface area (Å²) >= 11 is 0. The molecule has 0 fully saturated rings. The van der Waals surface area contributed by atoms with Crippen molar-refractivity contribution in [3.63, 3.8) is 0 Å². The van der Waals surface area contributed by atoms with Crippen LogP contribution in [0.2, 0.25) is 0 Å². The number of hydrogen-bond acceptors (Lipinski definition) is 5. The van der Waals surface area contributed by atoms with Crippen molar-refractivity contribution in [3.8, 4) is 0 Å². The average molecular weight is 263 g/mol. The summed E-state index contributed by atoms with van der Waals surface area (Å²) in [5.74, 6) is -1.07. The number of carbonyl (C=O) groups excluding carboxylic acids is 1. The maximum absolute atomic E-state index is 11.3. The second-order valence-electron chi connectivity index (χ2n) is 3.04. The van der Waals surface area contributed by atoms with Gasteiger partial charge in [-0.3, -0.25) is 9.35 Å². The van der Waals surface area contributed by atoms with Gasteiger partial charge in [-0.15, -0.1) is 0 Å². The van der Waals surface area contributed by atoms with Crippen molar-refractivity contribution in [3.05, 3.63) is 23.8 Å². The number of sulfonamides is 1. The van der Waals surface area contributed by atoms with E-state index < -0.39 is 41.4 Å². The van der Waals surface area contributed by atoms with Crippen LogP contribution in [0.4, 0.5) is 0 Å². The predicted molar refractivity (Wildman–Crippen MR) is 50.9 cm³/mol. The highest BCUT2D eigenvalue weighted by Gasteiger charge is 2.37. The number of benzene rings is 1. The van der Waals surface area contributed by atoms with E-state index >= 15 is 0 Å². The Balaban J connectivity index is 2.93. The molecule has 0 aromatic heterocycles. The van der Waals surface area contributed by atoms with Crippen molar-refractivity contribution in [2.75, 3.05) is 0 Å². The maximum Gasteiger partial charge on any atom is 0.295 e. The molecule has 0 bridgehead atoms. The van der Waals surface area contributed by atoms with Gasteiger partial charge in [-0.05, 0) is 12.1 Å². The SMILES string of the molecule is O=C1NS(=O)(=O)c2cccc(S(=O)(=O)O)c21. The molecule has 2 N–H and O–H groups in total. The molecule has 1 aliphatic heterocycles. The van der Waals surface area contributed by atoms with E-state index in [1.54, 1.807) is 4.72 Å². The smallest absolute Gasteiger partial charge is 0.282 e. The van der Waals surface area contributed by atoms with Crippen LogP contribution in [0.3, 0.4) is 0 Å². The molecule has 0 atom stereocenters. The molecule has 1 amide bonds. The fraction of sp³-hybridized carbons (Fsp3) is 0. The van der Waals surface area contributed by atoms with E-state index in [2.05, 4.69) is 0 Å². The molecule has 1 aromatic carbocycles. The van der Waals surface area contributed by atoms with Crippen LogP contribution in [0.5, 0.6) is 0 Å². The van der Waals surface area contributed by atoms with Crippen molar-refractivity contribution in [1.29, 1.82) is 0 Å². The first-order valence-corrected chi connectivity index (χ1v) is 6.83. The molecule has 1 aliphatic rings. The summed E-state index contributed by atoms with van der Waals surface area (Å²) in [4.78, 5) is 10.1. The van der Waals surface area contributed by atoms with Crippen LogP contribution in [-0.4, -0.2) is 27.3 Å². The number of hydrogen-bond donors (Lipinski definition) is 2. The van der Waals surface area contributed by atoms with Crippen molar-refractivity contribution < 1.29 is 26.2 Å². The monoisotopic (exact) mass is 263 g/mol. The highest BCUT2D eigenvalue weighted by atomic mass is 32.2. The molecule has 16 heavy (non-hydrogen) atoms. The largest absolute Gasteiger partial charge is 0.295 e. The van der Waals surface area contributed by atoms with Gasteiger partial charge < -0.3 is 0 Å². The van der Waals surface area contributed by atoms with E-state index in [-0.39, 0.29) is 0 Å². The summed E-state index contributed by atoms with van der Waals surface area (Å²) in [6.45, 7) is 0. The van der Waals surface area contributed by atoms with Crippen LogP contribution in [0.15, 0.2) is 28.0 Å². The van der Waals surface area contributed by atoms with Gasteiger partial charge in [-0.25, -0.2) is 13.1 Å². The van der Waals surface area contributed by atoms with Gasteiger partial charge in [0.25, 0.3) is 26.0 Å². The normalized spacial score (nSPS) is 17.9. The Morgan fingerprint density at radius 2 is 1.88 bits per heavy atom. The van der Waals surface area contributed by atoms with Gasteiger partial charge in [-0.1, -0.05) is 6.07 Å². The lowest BCUT2D eigenvalue weighted by Crippen LogP contribution is -2.21. The highest BCUT2D eigenvalue weighted by molar-refractivity contribution is 7.91. The summed E-state index contributed by atoms with van der Waals surface area (Å²) in [7, 11) is -8.65. The first-order valence-electron chi connectivity index (χ1n) is 3.91. The van der Waals surface area contributed by atoms with Gasteiger partial charge in [0.2, 0.25) is 0 Å². The molecule has 0 unspecified atom stereocenters. The van der Waals surface area contributed by atoms with E-state index in [1.807, 2.05) is 0 Å². The fourth-order valence-corrected chi connectivity index (χ4v) is 3.36. The van der Waals surface area contributed by atoms with Crippen molar-refractivity contribution in [2.24, 2.45) is 0 Å². The lowest BCUT2D eigenvalue weighted by atomic mass is 10.2. The van der Waals surface area contributed by atoms with E-state index in [0.29, 0.717) is 0 Å². The van der Waals surface area contributed by atoms with Crippen molar-refractivity contribution in [1.82, 2.24) is 4.72 Å². The zero-order chi connectivity index (χ0) is 12.1. The van der Waals surface area contributed by atoms with Crippen LogP contribution in [0, 0.1) is 0 Å². The van der Waals surface area contributed by atoms with Crippen LogP contribution >= 0.6 is 0 Å². The van der Waals surface area contributed by atoms with Gasteiger partial charge >= 0.3 is 0 Å². The Kier molecular flexibility index (Phi) is 2.09. The molecular formula is C7H5NO6S2. The molecule has 0 aliphatic carbocycles. The first-order chi connectivity index (χ1) is 7.23. The standard InChI is InChI=1S/C7H5NO6S2/c9-7-6-4(15(10,11)8-7)2-1-3-5(6)16(12,13)14/h1-3H,(H,8,9)(H,12,13,14). The summed E-state index contributed by atoms with van der Waals surface area (Å²) in [6, 6.07) is 3.16. The number of fused-ring (bicyclic) bond motifs is 1. The predicted octanol–water partition coefficient (Wildman–Crippen LogP) is -0.635. The van der Waals surface area contributed by atoms with Crippen LogP contribution < -0.4 is 4.72 Å². The zero-order valence-electron chi connectivity index (χ0n) is 7.54. The summed E-state index contributed by atoms with van der Waals surface area (Å²) in [5, 5.41) is 0. The number of rotatable bonds is 1. The van der Waals surface area contributed by atoms with E-state index in [9.17, 15) is 21.6 Å². The topological polar surface area (TPSA) is 118 Å². The van der Waals surface area contributed by atoms with Crippen molar-refractivity contribution >= 4 is 26.0 Å². The van der Waals surface area contributed by atoms with Gasteiger partial charge in [0.15, 0.2) is 0 Å². The molecule has 1 aromatic rings. The number of amides is 1. The fourth-order valence-electron chi connectivity index (χ4n) is 1.40. The van der Waals surface area contributed by atoms with Gasteiger partial charge in [0.05, 0.1) is 5.56 Å². The van der Waals surface area contributed by atoms with E-state index in [4.69, 9.17) is 4.55 Å².